The molecular weight excluding hydrogens is 266 g/mol. The average molecular weight is 291 g/mol. The van der Waals surface area contributed by atoms with Gasteiger partial charge in [-0.3, -0.25) is 4.79 Å². The molecule has 0 aromatic heterocycles. The second kappa shape index (κ2) is 7.31. The van der Waals surface area contributed by atoms with Crippen LogP contribution in [-0.4, -0.2) is 39.3 Å². The minimum atomic E-state index is -0.0517. The van der Waals surface area contributed by atoms with Crippen molar-refractivity contribution in [2.75, 3.05) is 44.0 Å². The molecule has 1 aliphatic heterocycles. The smallest absolute Gasteiger partial charge is 0.251 e. The Kier molecular flexibility index (Phi) is 5.44. The first-order valence-corrected chi connectivity index (χ1v) is 7.57. The molecule has 1 atom stereocenters. The number of nitrogens with one attached hydrogen (secondary N) is 1. The maximum Gasteiger partial charge on any atom is 0.251 e. The van der Waals surface area contributed by atoms with Gasteiger partial charge in [-0.05, 0) is 43.9 Å². The third kappa shape index (κ3) is 3.88. The molecule has 1 unspecified atom stereocenters. The molecule has 21 heavy (non-hydrogen) atoms. The third-order valence-electron chi connectivity index (χ3n) is 3.89. The minimum absolute atomic E-state index is 0.0517. The lowest BCUT2D eigenvalue weighted by atomic mass is 9.98. The average Bonchev–Trinajstić information content (AvgIpc) is 2.48. The maximum atomic E-state index is 12.0. The fourth-order valence-electron chi connectivity index (χ4n) is 2.88. The van der Waals surface area contributed by atoms with E-state index < -0.39 is 0 Å². The molecule has 1 heterocycles. The van der Waals surface area contributed by atoms with Crippen LogP contribution in [0.15, 0.2) is 18.2 Å². The van der Waals surface area contributed by atoms with Gasteiger partial charge in [0.1, 0.15) is 0 Å². The molecule has 1 aromatic carbocycles. The number of benzene rings is 1. The van der Waals surface area contributed by atoms with E-state index in [0.29, 0.717) is 18.0 Å². The molecule has 5 nitrogen and oxygen atoms in total. The number of carbonyl (C=O) groups excluding carboxylic acids is 1. The number of nitrogen functional groups attached to an aromatic ring is 1. The Bertz CT molecular complexity index is 488. The predicted octanol–water partition coefficient (Wildman–Crippen LogP) is 1.88. The summed E-state index contributed by atoms with van der Waals surface area (Å²) >= 11 is 0. The van der Waals surface area contributed by atoms with E-state index in [1.54, 1.807) is 13.2 Å². The second-order valence-electron chi connectivity index (χ2n) is 5.54. The number of ether oxygens (including phenoxy) is 1. The number of methoxy groups -OCH3 is 1. The summed E-state index contributed by atoms with van der Waals surface area (Å²) in [6.07, 6.45) is 2.30. The Labute approximate surface area is 126 Å². The fourth-order valence-corrected chi connectivity index (χ4v) is 2.88. The molecular formula is C16H25N3O2. The van der Waals surface area contributed by atoms with E-state index in [2.05, 4.69) is 10.2 Å². The second-order valence-corrected chi connectivity index (χ2v) is 5.54. The Morgan fingerprint density at radius 1 is 1.52 bits per heavy atom. The van der Waals surface area contributed by atoms with Gasteiger partial charge in [0.2, 0.25) is 0 Å². The zero-order valence-electron chi connectivity index (χ0n) is 12.9. The van der Waals surface area contributed by atoms with E-state index in [1.807, 2.05) is 19.1 Å². The number of rotatable bonds is 5. The molecule has 3 N–H and O–H groups in total. The van der Waals surface area contributed by atoms with Crippen LogP contribution >= 0.6 is 0 Å². The highest BCUT2D eigenvalue weighted by Gasteiger charge is 2.22. The molecule has 1 aliphatic rings. The lowest BCUT2D eigenvalue weighted by Gasteiger charge is -2.35. The minimum Gasteiger partial charge on any atom is -0.397 e. The van der Waals surface area contributed by atoms with Gasteiger partial charge in [-0.1, -0.05) is 0 Å². The number of piperidine rings is 1. The van der Waals surface area contributed by atoms with Crippen LogP contribution in [0.1, 0.15) is 30.1 Å². The van der Waals surface area contributed by atoms with Crippen LogP contribution in [-0.2, 0) is 4.74 Å². The monoisotopic (exact) mass is 291 g/mol. The number of carbonyl (C=O) groups is 1. The SMILES string of the molecule is CCNC(=O)c1ccc(N)c(N2CCCC(COC)C2)c1. The van der Waals surface area contributed by atoms with Crippen molar-refractivity contribution in [3.8, 4) is 0 Å². The van der Waals surface area contributed by atoms with Crippen LogP contribution in [0.4, 0.5) is 11.4 Å². The first-order chi connectivity index (χ1) is 10.2. The molecule has 1 saturated heterocycles. The molecule has 0 radical (unpaired) electrons. The molecule has 5 heteroatoms. The van der Waals surface area contributed by atoms with Crippen molar-refractivity contribution in [3.05, 3.63) is 23.8 Å². The third-order valence-corrected chi connectivity index (χ3v) is 3.89. The number of amides is 1. The van der Waals surface area contributed by atoms with E-state index in [0.717, 1.165) is 37.5 Å². The molecule has 116 valence electrons. The summed E-state index contributed by atoms with van der Waals surface area (Å²) in [5.74, 6) is 0.473. The Morgan fingerprint density at radius 3 is 3.05 bits per heavy atom. The highest BCUT2D eigenvalue weighted by atomic mass is 16.5. The number of hydrogen-bond acceptors (Lipinski definition) is 4. The van der Waals surface area contributed by atoms with Crippen LogP contribution in [0.25, 0.3) is 0 Å². The predicted molar refractivity (Wildman–Crippen MR) is 85.7 cm³/mol. The van der Waals surface area contributed by atoms with Crippen molar-refractivity contribution in [2.24, 2.45) is 5.92 Å². The van der Waals surface area contributed by atoms with Gasteiger partial charge >= 0.3 is 0 Å². The van der Waals surface area contributed by atoms with Crippen molar-refractivity contribution in [1.82, 2.24) is 5.32 Å². The van der Waals surface area contributed by atoms with Gasteiger partial charge in [0.15, 0.2) is 0 Å². The fraction of sp³-hybridized carbons (Fsp3) is 0.562. The molecule has 0 saturated carbocycles. The summed E-state index contributed by atoms with van der Waals surface area (Å²) in [5, 5.41) is 2.82. The molecule has 1 amide bonds. The lowest BCUT2D eigenvalue weighted by molar-refractivity contribution is 0.0956. The number of anilines is 2. The van der Waals surface area contributed by atoms with Crippen LogP contribution < -0.4 is 16.0 Å². The summed E-state index contributed by atoms with van der Waals surface area (Å²) in [6, 6.07) is 5.50. The molecule has 0 spiro atoms. The van der Waals surface area contributed by atoms with Crippen LogP contribution in [0.5, 0.6) is 0 Å². The van der Waals surface area contributed by atoms with Crippen LogP contribution in [0, 0.1) is 5.92 Å². The molecule has 2 rings (SSSR count). The van der Waals surface area contributed by atoms with Crippen molar-refractivity contribution in [3.63, 3.8) is 0 Å². The Hall–Kier alpha value is -1.75. The van der Waals surface area contributed by atoms with Gasteiger partial charge in [-0.2, -0.15) is 0 Å². The van der Waals surface area contributed by atoms with Gasteiger partial charge in [-0.15, -0.1) is 0 Å². The van der Waals surface area contributed by atoms with Crippen LogP contribution in [0.2, 0.25) is 0 Å². The molecule has 1 fully saturated rings. The zero-order chi connectivity index (χ0) is 15.2. The Morgan fingerprint density at radius 2 is 2.33 bits per heavy atom. The first kappa shape index (κ1) is 15.6. The molecule has 0 aliphatic carbocycles. The van der Waals surface area contributed by atoms with Crippen molar-refractivity contribution >= 4 is 17.3 Å². The lowest BCUT2D eigenvalue weighted by Crippen LogP contribution is -2.37. The topological polar surface area (TPSA) is 67.6 Å². The highest BCUT2D eigenvalue weighted by Crippen LogP contribution is 2.29. The molecule has 1 aromatic rings. The summed E-state index contributed by atoms with van der Waals surface area (Å²) in [7, 11) is 1.74. The highest BCUT2D eigenvalue weighted by molar-refractivity contribution is 5.96. The van der Waals surface area contributed by atoms with Gasteiger partial charge in [0.25, 0.3) is 5.91 Å². The number of nitrogens with two attached hydrogens (primary N) is 1. The van der Waals surface area contributed by atoms with Gasteiger partial charge in [0, 0.05) is 32.3 Å². The van der Waals surface area contributed by atoms with Gasteiger partial charge in [0.05, 0.1) is 18.0 Å². The van der Waals surface area contributed by atoms with E-state index in [1.165, 1.54) is 6.42 Å². The van der Waals surface area contributed by atoms with Gasteiger partial charge in [-0.25, -0.2) is 0 Å². The quantitative estimate of drug-likeness (QED) is 0.813. The van der Waals surface area contributed by atoms with E-state index in [9.17, 15) is 4.79 Å². The number of hydrogen-bond donors (Lipinski definition) is 2. The summed E-state index contributed by atoms with van der Waals surface area (Å²) < 4.78 is 5.27. The summed E-state index contributed by atoms with van der Waals surface area (Å²) in [6.45, 7) is 5.21. The van der Waals surface area contributed by atoms with Crippen LogP contribution in [0.3, 0.4) is 0 Å². The summed E-state index contributed by atoms with van der Waals surface area (Å²) in [5.41, 5.74) is 8.45. The van der Waals surface area contributed by atoms with Crippen molar-refractivity contribution in [2.45, 2.75) is 19.8 Å². The van der Waals surface area contributed by atoms with Crippen molar-refractivity contribution in [1.29, 1.82) is 0 Å². The van der Waals surface area contributed by atoms with Gasteiger partial charge < -0.3 is 20.7 Å². The maximum absolute atomic E-state index is 12.0. The Balaban J connectivity index is 2.17. The molecule has 0 bridgehead atoms. The van der Waals surface area contributed by atoms with E-state index in [4.69, 9.17) is 10.5 Å². The van der Waals surface area contributed by atoms with E-state index in [-0.39, 0.29) is 5.91 Å². The standard InChI is InChI=1S/C16H25N3O2/c1-3-18-16(20)13-6-7-14(17)15(9-13)19-8-4-5-12(10-19)11-21-2/h6-7,9,12H,3-5,8,10-11,17H2,1-2H3,(H,18,20). The van der Waals surface area contributed by atoms with Crippen molar-refractivity contribution < 1.29 is 9.53 Å². The summed E-state index contributed by atoms with van der Waals surface area (Å²) in [4.78, 5) is 14.2. The number of nitrogens with zero attached hydrogens (tertiary/aromatic N) is 1. The largest absolute Gasteiger partial charge is 0.397 e. The first-order valence-electron chi connectivity index (χ1n) is 7.57. The van der Waals surface area contributed by atoms with E-state index >= 15 is 0 Å². The zero-order valence-corrected chi connectivity index (χ0v) is 12.9. The normalized spacial score (nSPS) is 18.6.